The number of aliphatic hydroxyl groups is 2. The maximum atomic E-state index is 9.58. The van der Waals surface area contributed by atoms with E-state index in [1.807, 2.05) is 11.8 Å². The first-order chi connectivity index (χ1) is 7.13. The van der Waals surface area contributed by atoms with Crippen LogP contribution in [0.2, 0.25) is 0 Å². The molecule has 1 saturated heterocycles. The van der Waals surface area contributed by atoms with E-state index in [-0.39, 0.29) is 0 Å². The zero-order valence-electron chi connectivity index (χ0n) is 9.52. The minimum Gasteiger partial charge on any atom is -0.379 e. The molecule has 90 valence electrons. The Balaban J connectivity index is 2.23. The van der Waals surface area contributed by atoms with Crippen molar-refractivity contribution in [2.24, 2.45) is 0 Å². The third-order valence-corrected chi connectivity index (χ3v) is 2.63. The summed E-state index contributed by atoms with van der Waals surface area (Å²) in [6.45, 7) is 5.70. The number of aliphatic hydroxyl groups excluding tert-OH is 2. The molecule has 0 aromatic rings. The molecule has 2 atom stereocenters. The van der Waals surface area contributed by atoms with Crippen molar-refractivity contribution in [2.45, 2.75) is 45.4 Å². The van der Waals surface area contributed by atoms with E-state index in [9.17, 15) is 5.11 Å². The molecule has 1 fully saturated rings. The van der Waals surface area contributed by atoms with Crippen molar-refractivity contribution >= 4 is 0 Å². The summed E-state index contributed by atoms with van der Waals surface area (Å²) in [7, 11) is 0. The van der Waals surface area contributed by atoms with Gasteiger partial charge in [-0.3, -0.25) is 10.2 Å². The average Bonchev–Trinajstić information content (AvgIpc) is 2.18. The van der Waals surface area contributed by atoms with Gasteiger partial charge in [-0.1, -0.05) is 0 Å². The first kappa shape index (κ1) is 12.9. The Labute approximate surface area is 91.0 Å². The summed E-state index contributed by atoms with van der Waals surface area (Å²) in [5, 5.41) is 21.8. The Bertz CT molecular complexity index is 170. The minimum absolute atomic E-state index is 0.343. The quantitative estimate of drug-likeness (QED) is 0.553. The highest BCUT2D eigenvalue weighted by Gasteiger charge is 2.24. The van der Waals surface area contributed by atoms with E-state index in [0.717, 1.165) is 25.9 Å². The monoisotopic (exact) mass is 218 g/mol. The number of piperidine rings is 1. The van der Waals surface area contributed by atoms with Gasteiger partial charge >= 0.3 is 0 Å². The van der Waals surface area contributed by atoms with Crippen molar-refractivity contribution in [3.63, 3.8) is 0 Å². The van der Waals surface area contributed by atoms with Gasteiger partial charge in [0.25, 0.3) is 0 Å². The Morgan fingerprint density at radius 2 is 2.00 bits per heavy atom. The van der Waals surface area contributed by atoms with E-state index in [2.05, 4.69) is 5.32 Å². The number of rotatable bonds is 5. The standard InChI is InChI=1S/C10H22N2O3/c1-3-15-10(14)12-6-4-9(5-7-12)11-8(2)13/h8-11,13-14H,3-7H2,1-2H3. The molecule has 5 nitrogen and oxygen atoms in total. The SMILES string of the molecule is CCOC(O)N1CCC(NC(C)O)CC1. The molecule has 5 heteroatoms. The van der Waals surface area contributed by atoms with Crippen LogP contribution in [-0.2, 0) is 4.74 Å². The van der Waals surface area contributed by atoms with Gasteiger partial charge in [-0.2, -0.15) is 0 Å². The van der Waals surface area contributed by atoms with E-state index in [4.69, 9.17) is 9.84 Å². The molecular formula is C10H22N2O3. The Morgan fingerprint density at radius 1 is 1.40 bits per heavy atom. The summed E-state index contributed by atoms with van der Waals surface area (Å²) in [5.74, 6) is 0. The highest BCUT2D eigenvalue weighted by atomic mass is 16.6. The maximum absolute atomic E-state index is 9.58. The molecule has 1 aliphatic heterocycles. The summed E-state index contributed by atoms with van der Waals surface area (Å²) in [4.78, 5) is 1.91. The molecule has 0 spiro atoms. The molecule has 0 radical (unpaired) electrons. The highest BCUT2D eigenvalue weighted by Crippen LogP contribution is 2.13. The topological polar surface area (TPSA) is 65.0 Å². The molecule has 15 heavy (non-hydrogen) atoms. The van der Waals surface area contributed by atoms with Crippen LogP contribution in [0.25, 0.3) is 0 Å². The van der Waals surface area contributed by atoms with Crippen LogP contribution in [-0.4, -0.2) is 53.5 Å². The van der Waals surface area contributed by atoms with Gasteiger partial charge in [0.05, 0.1) is 0 Å². The lowest BCUT2D eigenvalue weighted by Crippen LogP contribution is -2.49. The number of nitrogens with one attached hydrogen (secondary N) is 1. The average molecular weight is 218 g/mol. The van der Waals surface area contributed by atoms with Gasteiger partial charge in [-0.15, -0.1) is 0 Å². The smallest absolute Gasteiger partial charge is 0.216 e. The fraction of sp³-hybridized carbons (Fsp3) is 1.00. The second kappa shape index (κ2) is 6.40. The van der Waals surface area contributed by atoms with Gasteiger partial charge in [0, 0.05) is 25.7 Å². The lowest BCUT2D eigenvalue weighted by Gasteiger charge is -2.35. The van der Waals surface area contributed by atoms with Gasteiger partial charge in [0.2, 0.25) is 6.41 Å². The normalized spacial score (nSPS) is 24.0. The van der Waals surface area contributed by atoms with E-state index < -0.39 is 12.6 Å². The molecule has 0 amide bonds. The number of nitrogens with zero attached hydrogens (tertiary/aromatic N) is 1. The lowest BCUT2D eigenvalue weighted by atomic mass is 10.1. The predicted octanol–water partition coefficient (Wildman–Crippen LogP) is -0.309. The number of ether oxygens (including phenoxy) is 1. The lowest BCUT2D eigenvalue weighted by molar-refractivity contribution is -0.195. The van der Waals surface area contributed by atoms with Crippen LogP contribution >= 0.6 is 0 Å². The van der Waals surface area contributed by atoms with Crippen LogP contribution in [0.15, 0.2) is 0 Å². The second-order valence-corrected chi connectivity index (χ2v) is 3.93. The first-order valence-electron chi connectivity index (χ1n) is 5.61. The molecule has 0 aromatic carbocycles. The third-order valence-electron chi connectivity index (χ3n) is 2.63. The van der Waals surface area contributed by atoms with Gasteiger partial charge in [-0.05, 0) is 26.7 Å². The second-order valence-electron chi connectivity index (χ2n) is 3.93. The van der Waals surface area contributed by atoms with E-state index >= 15 is 0 Å². The van der Waals surface area contributed by atoms with Gasteiger partial charge in [0.15, 0.2) is 0 Å². The summed E-state index contributed by atoms with van der Waals surface area (Å²) in [5.41, 5.74) is 0. The van der Waals surface area contributed by atoms with E-state index in [1.165, 1.54) is 0 Å². The van der Waals surface area contributed by atoms with Crippen LogP contribution < -0.4 is 5.32 Å². The van der Waals surface area contributed by atoms with Crippen LogP contribution in [0, 0.1) is 0 Å². The largest absolute Gasteiger partial charge is 0.379 e. The molecule has 1 heterocycles. The van der Waals surface area contributed by atoms with Gasteiger partial charge < -0.3 is 14.9 Å². The third kappa shape index (κ3) is 4.44. The van der Waals surface area contributed by atoms with Crippen molar-refractivity contribution in [1.82, 2.24) is 10.2 Å². The predicted molar refractivity (Wildman–Crippen MR) is 57.0 cm³/mol. The van der Waals surface area contributed by atoms with Crippen LogP contribution in [0.3, 0.4) is 0 Å². The molecule has 0 aromatic heterocycles. The van der Waals surface area contributed by atoms with Gasteiger partial charge in [0.1, 0.15) is 6.23 Å². The molecular weight excluding hydrogens is 196 g/mol. The van der Waals surface area contributed by atoms with E-state index in [0.29, 0.717) is 12.6 Å². The van der Waals surface area contributed by atoms with Crippen molar-refractivity contribution in [3.05, 3.63) is 0 Å². The molecule has 1 rings (SSSR count). The molecule has 0 aliphatic carbocycles. The van der Waals surface area contributed by atoms with Crippen LogP contribution in [0.5, 0.6) is 0 Å². The number of likely N-dealkylation sites (tertiary alicyclic amines) is 1. The highest BCUT2D eigenvalue weighted by molar-refractivity contribution is 4.76. The van der Waals surface area contributed by atoms with Crippen molar-refractivity contribution in [2.75, 3.05) is 19.7 Å². The summed E-state index contributed by atoms with van der Waals surface area (Å²) in [6, 6.07) is 0.343. The summed E-state index contributed by atoms with van der Waals surface area (Å²) in [6.07, 6.45) is 0.616. The van der Waals surface area contributed by atoms with Crippen LogP contribution in [0.1, 0.15) is 26.7 Å². The van der Waals surface area contributed by atoms with E-state index in [1.54, 1.807) is 6.92 Å². The molecule has 0 bridgehead atoms. The summed E-state index contributed by atoms with van der Waals surface area (Å²) < 4.78 is 5.11. The van der Waals surface area contributed by atoms with Crippen LogP contribution in [0.4, 0.5) is 0 Å². The molecule has 2 unspecified atom stereocenters. The van der Waals surface area contributed by atoms with Gasteiger partial charge in [-0.25, -0.2) is 0 Å². The fourth-order valence-corrected chi connectivity index (χ4v) is 1.88. The molecule has 1 aliphatic rings. The van der Waals surface area contributed by atoms with Crippen molar-refractivity contribution in [3.8, 4) is 0 Å². The minimum atomic E-state index is -0.775. The Kier molecular flexibility index (Phi) is 5.49. The van der Waals surface area contributed by atoms with Crippen molar-refractivity contribution < 1.29 is 14.9 Å². The number of hydrogen-bond acceptors (Lipinski definition) is 5. The first-order valence-corrected chi connectivity index (χ1v) is 5.61. The number of hydrogen-bond donors (Lipinski definition) is 3. The Morgan fingerprint density at radius 3 is 2.47 bits per heavy atom. The fourth-order valence-electron chi connectivity index (χ4n) is 1.88. The molecule has 0 saturated carbocycles. The van der Waals surface area contributed by atoms with Crippen molar-refractivity contribution in [1.29, 1.82) is 0 Å². The zero-order chi connectivity index (χ0) is 11.3. The molecule has 3 N–H and O–H groups in total. The maximum Gasteiger partial charge on any atom is 0.216 e. The Hall–Kier alpha value is -0.200. The summed E-state index contributed by atoms with van der Waals surface area (Å²) >= 11 is 0. The zero-order valence-corrected chi connectivity index (χ0v) is 9.52.